The number of aromatic nitrogens is 3. The number of anilines is 4. The number of hydrogen-bond acceptors (Lipinski definition) is 11. The highest BCUT2D eigenvalue weighted by atomic mass is 32.2. The number of hydrogen-bond donors (Lipinski definition) is 3. The Morgan fingerprint density at radius 1 is 1.29 bits per heavy atom. The van der Waals surface area contributed by atoms with Crippen LogP contribution >= 0.6 is 11.8 Å². The number of fused-ring (bicyclic) bond motifs is 2. The number of nitrogens with zero attached hydrogens (tertiary/aromatic N) is 5. The second-order valence-corrected chi connectivity index (χ2v) is 8.68. The lowest BCUT2D eigenvalue weighted by atomic mass is 10.3. The van der Waals surface area contributed by atoms with Crippen LogP contribution in [0, 0.1) is 0 Å². The second-order valence-electron chi connectivity index (χ2n) is 7.71. The molecule has 0 aromatic carbocycles. The fourth-order valence-corrected chi connectivity index (χ4v) is 4.31. The van der Waals surface area contributed by atoms with Gasteiger partial charge in [-0.2, -0.15) is 4.98 Å². The average Bonchev–Trinajstić information content (AvgIpc) is 3.21. The Hall–Kier alpha value is -3.65. The maximum Gasteiger partial charge on any atom is 0.416 e. The van der Waals surface area contributed by atoms with E-state index >= 15 is 0 Å². The van der Waals surface area contributed by atoms with E-state index in [2.05, 4.69) is 30.9 Å². The van der Waals surface area contributed by atoms with Gasteiger partial charge in [0, 0.05) is 26.2 Å². The first-order chi connectivity index (χ1) is 16.5. The van der Waals surface area contributed by atoms with Crippen LogP contribution in [0.15, 0.2) is 23.4 Å². The van der Waals surface area contributed by atoms with E-state index in [1.54, 1.807) is 13.1 Å². The topological polar surface area (TPSA) is 151 Å². The molecule has 14 heteroatoms. The molecule has 2 aromatic heterocycles. The van der Waals surface area contributed by atoms with Crippen molar-refractivity contribution in [2.75, 3.05) is 66.0 Å². The zero-order valence-electron chi connectivity index (χ0n) is 18.2. The molecule has 1 saturated heterocycles. The van der Waals surface area contributed by atoms with Crippen molar-refractivity contribution in [1.29, 1.82) is 0 Å². The van der Waals surface area contributed by atoms with Crippen molar-refractivity contribution in [2.45, 2.75) is 11.1 Å². The predicted octanol–water partition coefficient (Wildman–Crippen LogP) is 0.298. The number of nitrogens with one attached hydrogen (secondary N) is 3. The molecule has 3 aliphatic heterocycles. The number of rotatable bonds is 7. The number of likely N-dealkylation sites (N-methyl/N-ethyl adjacent to an activating group) is 1. The van der Waals surface area contributed by atoms with Crippen LogP contribution in [-0.2, 0) is 14.3 Å². The number of cyclic esters (lactones) is 1. The molecule has 3 N–H and O–H groups in total. The van der Waals surface area contributed by atoms with E-state index in [-0.39, 0.29) is 24.5 Å². The van der Waals surface area contributed by atoms with Crippen molar-refractivity contribution in [1.82, 2.24) is 20.3 Å². The van der Waals surface area contributed by atoms with Crippen molar-refractivity contribution in [2.24, 2.45) is 0 Å². The van der Waals surface area contributed by atoms with Gasteiger partial charge in [-0.15, -0.1) is 0 Å². The Kier molecular flexibility index (Phi) is 6.06. The molecule has 5 rings (SSSR count). The van der Waals surface area contributed by atoms with Gasteiger partial charge in [0.05, 0.1) is 30.7 Å². The molecule has 13 nitrogen and oxygen atoms in total. The molecular formula is C20H22N8O5S. The molecule has 1 atom stereocenters. The maximum atomic E-state index is 12.3. The van der Waals surface area contributed by atoms with Crippen LogP contribution < -0.4 is 30.5 Å². The van der Waals surface area contributed by atoms with Crippen LogP contribution in [0.3, 0.4) is 0 Å². The lowest BCUT2D eigenvalue weighted by molar-refractivity contribution is -0.117. The van der Waals surface area contributed by atoms with Crippen LogP contribution in [0.5, 0.6) is 5.88 Å². The van der Waals surface area contributed by atoms with Crippen molar-refractivity contribution >= 4 is 52.8 Å². The van der Waals surface area contributed by atoms with Gasteiger partial charge in [0.2, 0.25) is 17.7 Å². The normalized spacial score (nSPS) is 19.2. The van der Waals surface area contributed by atoms with Gasteiger partial charge in [-0.1, -0.05) is 11.8 Å². The molecule has 0 radical (unpaired) electrons. The highest BCUT2D eigenvalue weighted by Gasteiger charge is 2.34. The molecule has 0 aliphatic carbocycles. The first-order valence-electron chi connectivity index (χ1n) is 10.6. The van der Waals surface area contributed by atoms with E-state index in [4.69, 9.17) is 9.47 Å². The Balaban J connectivity index is 1.09. The Labute approximate surface area is 198 Å². The third kappa shape index (κ3) is 4.54. The summed E-state index contributed by atoms with van der Waals surface area (Å²) in [5.74, 6) is 1.70. The Morgan fingerprint density at radius 2 is 2.18 bits per heavy atom. The zero-order chi connectivity index (χ0) is 23.7. The number of carbonyl (C=O) groups excluding carboxylic acids is 3. The molecule has 0 bridgehead atoms. The van der Waals surface area contributed by atoms with Gasteiger partial charge in [0.1, 0.15) is 17.7 Å². The summed E-state index contributed by atoms with van der Waals surface area (Å²) in [6.45, 7) is 1.82. The van der Waals surface area contributed by atoms with Crippen molar-refractivity contribution in [3.63, 3.8) is 0 Å². The van der Waals surface area contributed by atoms with Gasteiger partial charge >= 0.3 is 6.09 Å². The molecular weight excluding hydrogens is 464 g/mol. The number of carbonyl (C=O) groups is 3. The summed E-state index contributed by atoms with van der Waals surface area (Å²) < 4.78 is 11.1. The van der Waals surface area contributed by atoms with E-state index in [0.29, 0.717) is 60.4 Å². The molecule has 34 heavy (non-hydrogen) atoms. The number of ether oxygens (including phenoxy) is 2. The number of amides is 3. The molecule has 5 heterocycles. The quantitative estimate of drug-likeness (QED) is 0.464. The standard InChI is InChI=1S/C20H22N8O5S/c1-27-16(30)8-22-12-2-3-15(26-18(12)27)32-5-4-21-6-11-9-28(20(31)33-11)13-7-23-19-17(24-13)25-14(29)10-34-19/h2-3,7,11,21-22H,4-6,8-10H2,1H3,(H,24,25,29). The minimum atomic E-state index is -0.516. The van der Waals surface area contributed by atoms with Crippen LogP contribution in [0.25, 0.3) is 0 Å². The smallest absolute Gasteiger partial charge is 0.416 e. The lowest BCUT2D eigenvalue weighted by Gasteiger charge is -2.25. The SMILES string of the molecule is CN1C(=O)CNc2ccc(OCCNCC3CN(c4cnc5c(n4)NC(=O)CS5)C(=O)O3)nc21. The fourth-order valence-electron chi connectivity index (χ4n) is 3.61. The van der Waals surface area contributed by atoms with Crippen LogP contribution in [0.1, 0.15) is 0 Å². The van der Waals surface area contributed by atoms with Gasteiger partial charge in [-0.25, -0.2) is 14.8 Å². The van der Waals surface area contributed by atoms with Crippen LogP contribution in [-0.4, -0.2) is 84.5 Å². The Morgan fingerprint density at radius 3 is 3.06 bits per heavy atom. The van der Waals surface area contributed by atoms with Gasteiger partial charge < -0.3 is 25.4 Å². The summed E-state index contributed by atoms with van der Waals surface area (Å²) in [5.41, 5.74) is 0.782. The molecule has 2 aromatic rings. The first-order valence-corrected chi connectivity index (χ1v) is 11.6. The number of pyridine rings is 1. The lowest BCUT2D eigenvalue weighted by Crippen LogP contribution is -2.37. The molecule has 0 spiro atoms. The molecule has 3 amide bonds. The summed E-state index contributed by atoms with van der Waals surface area (Å²) in [6, 6.07) is 3.57. The van der Waals surface area contributed by atoms with Crippen molar-refractivity contribution < 1.29 is 23.9 Å². The van der Waals surface area contributed by atoms with Crippen molar-refractivity contribution in [3.05, 3.63) is 18.3 Å². The molecule has 1 fully saturated rings. The zero-order valence-corrected chi connectivity index (χ0v) is 19.1. The highest BCUT2D eigenvalue weighted by molar-refractivity contribution is 8.00. The summed E-state index contributed by atoms with van der Waals surface area (Å²) in [7, 11) is 1.68. The average molecular weight is 487 g/mol. The minimum Gasteiger partial charge on any atom is -0.476 e. The van der Waals surface area contributed by atoms with E-state index in [1.165, 1.54) is 27.8 Å². The predicted molar refractivity (Wildman–Crippen MR) is 124 cm³/mol. The molecule has 0 saturated carbocycles. The summed E-state index contributed by atoms with van der Waals surface area (Å²) >= 11 is 1.30. The van der Waals surface area contributed by atoms with Gasteiger partial charge in [-0.05, 0) is 6.07 Å². The van der Waals surface area contributed by atoms with E-state index < -0.39 is 6.09 Å². The maximum absolute atomic E-state index is 12.3. The third-order valence-corrected chi connectivity index (χ3v) is 6.33. The molecule has 3 aliphatic rings. The highest BCUT2D eigenvalue weighted by Crippen LogP contribution is 2.30. The van der Waals surface area contributed by atoms with E-state index in [1.807, 2.05) is 6.07 Å². The van der Waals surface area contributed by atoms with Crippen LogP contribution in [0.4, 0.5) is 27.9 Å². The minimum absolute atomic E-state index is 0.0658. The van der Waals surface area contributed by atoms with Gasteiger partial charge in [0.15, 0.2) is 17.5 Å². The Bertz CT molecular complexity index is 1150. The van der Waals surface area contributed by atoms with E-state index in [9.17, 15) is 14.4 Å². The van der Waals surface area contributed by atoms with Crippen LogP contribution in [0.2, 0.25) is 0 Å². The molecule has 1 unspecified atom stereocenters. The first kappa shape index (κ1) is 22.2. The van der Waals surface area contributed by atoms with Gasteiger partial charge in [0.25, 0.3) is 0 Å². The number of thioether (sulfide) groups is 1. The summed E-state index contributed by atoms with van der Waals surface area (Å²) in [4.78, 5) is 51.6. The monoisotopic (exact) mass is 486 g/mol. The summed E-state index contributed by atoms with van der Waals surface area (Å²) in [5, 5.41) is 9.50. The largest absolute Gasteiger partial charge is 0.476 e. The third-order valence-electron chi connectivity index (χ3n) is 5.35. The summed E-state index contributed by atoms with van der Waals surface area (Å²) in [6.07, 6.45) is 0.611. The van der Waals surface area contributed by atoms with Gasteiger partial charge in [-0.3, -0.25) is 19.4 Å². The second kappa shape index (κ2) is 9.30. The van der Waals surface area contributed by atoms with Crippen molar-refractivity contribution in [3.8, 4) is 5.88 Å². The fraction of sp³-hybridized carbons (Fsp3) is 0.400. The molecule has 178 valence electrons. The van der Waals surface area contributed by atoms with E-state index in [0.717, 1.165) is 5.69 Å².